The van der Waals surface area contributed by atoms with E-state index in [4.69, 9.17) is 15.0 Å². The summed E-state index contributed by atoms with van der Waals surface area (Å²) in [6.45, 7) is 7.74. The number of H-pyrrole nitrogens is 1. The van der Waals surface area contributed by atoms with Crippen molar-refractivity contribution in [1.82, 2.24) is 24.8 Å². The fourth-order valence-corrected chi connectivity index (χ4v) is 4.51. The van der Waals surface area contributed by atoms with Gasteiger partial charge >= 0.3 is 6.01 Å². The number of aromatic amines is 1. The Morgan fingerprint density at radius 2 is 1.97 bits per heavy atom. The second-order valence-electron chi connectivity index (χ2n) is 8.16. The molecular formula is C23H24N8OS. The van der Waals surface area contributed by atoms with Crippen molar-refractivity contribution < 1.29 is 4.74 Å². The van der Waals surface area contributed by atoms with E-state index in [-0.39, 0.29) is 6.01 Å². The van der Waals surface area contributed by atoms with Gasteiger partial charge in [-0.05, 0) is 39.1 Å². The molecule has 0 atom stereocenters. The van der Waals surface area contributed by atoms with Crippen LogP contribution < -0.4 is 15.0 Å². The average Bonchev–Trinajstić information content (AvgIpc) is 3.42. The lowest BCUT2D eigenvalue weighted by atomic mass is 10.1. The van der Waals surface area contributed by atoms with Crippen molar-refractivity contribution in [2.75, 3.05) is 43.4 Å². The molecular weight excluding hydrogens is 436 g/mol. The summed E-state index contributed by atoms with van der Waals surface area (Å²) in [4.78, 5) is 22.0. The Labute approximate surface area is 195 Å². The zero-order valence-electron chi connectivity index (χ0n) is 18.7. The summed E-state index contributed by atoms with van der Waals surface area (Å²) in [5, 5.41) is 14.0. The molecule has 4 aromatic rings. The zero-order chi connectivity index (χ0) is 22.9. The van der Waals surface area contributed by atoms with Crippen LogP contribution in [0.3, 0.4) is 0 Å². The van der Waals surface area contributed by atoms with Gasteiger partial charge < -0.3 is 24.8 Å². The maximum absolute atomic E-state index is 9.10. The number of benzene rings is 1. The first-order chi connectivity index (χ1) is 16.0. The van der Waals surface area contributed by atoms with Gasteiger partial charge in [0.15, 0.2) is 5.13 Å². The standard InChI is InChI=1S/C23H24N8OS/c1-14-10-17-15(2)19(5-4-18(17)26-14)32-22-27-20(28-23-25-13-16(12-24)33-23)11-21(29-22)31-8-6-30(3)7-9-31/h4-5,10-11,13,26H,6-9H2,1-3H3,(H,25,27,28,29). The van der Waals surface area contributed by atoms with Crippen molar-refractivity contribution in [3.63, 3.8) is 0 Å². The second kappa shape index (κ2) is 8.69. The number of likely N-dealkylation sites (N-methyl/N-ethyl adjacent to an activating group) is 1. The van der Waals surface area contributed by atoms with Gasteiger partial charge in [0, 0.05) is 54.4 Å². The summed E-state index contributed by atoms with van der Waals surface area (Å²) in [5.74, 6) is 2.08. The van der Waals surface area contributed by atoms with Crippen LogP contribution in [0.2, 0.25) is 0 Å². The SMILES string of the molecule is Cc1cc2c(C)c(Oc3nc(Nc4ncc(C#N)s4)cc(N4CCN(C)CC4)n3)ccc2[nH]1. The molecule has 3 aromatic heterocycles. The number of nitriles is 1. The number of ether oxygens (including phenoxy) is 1. The summed E-state index contributed by atoms with van der Waals surface area (Å²) in [6, 6.07) is 10.3. The molecule has 1 aliphatic rings. The molecule has 0 unspecified atom stereocenters. The van der Waals surface area contributed by atoms with E-state index in [9.17, 15) is 0 Å². The lowest BCUT2D eigenvalue weighted by molar-refractivity contribution is 0.311. The number of aryl methyl sites for hydroxylation is 2. The summed E-state index contributed by atoms with van der Waals surface area (Å²) < 4.78 is 6.20. The first-order valence-corrected chi connectivity index (χ1v) is 11.5. The van der Waals surface area contributed by atoms with E-state index in [0.717, 1.165) is 54.2 Å². The first kappa shape index (κ1) is 21.2. The van der Waals surface area contributed by atoms with E-state index in [1.807, 2.05) is 32.0 Å². The van der Waals surface area contributed by atoms with Crippen molar-refractivity contribution in [1.29, 1.82) is 5.26 Å². The summed E-state index contributed by atoms with van der Waals surface area (Å²) >= 11 is 1.28. The molecule has 0 amide bonds. The lowest BCUT2D eigenvalue weighted by Crippen LogP contribution is -2.44. The molecule has 5 rings (SSSR count). The quantitative estimate of drug-likeness (QED) is 0.457. The number of anilines is 3. The topological polar surface area (TPSA) is 106 Å². The Kier molecular flexibility index (Phi) is 5.58. The number of hydrogen-bond acceptors (Lipinski definition) is 9. The Balaban J connectivity index is 1.49. The van der Waals surface area contributed by atoms with E-state index in [1.54, 1.807) is 6.20 Å². The minimum absolute atomic E-state index is 0.265. The second-order valence-corrected chi connectivity index (χ2v) is 9.19. The molecule has 0 spiro atoms. The van der Waals surface area contributed by atoms with Crippen LogP contribution in [0.5, 0.6) is 11.8 Å². The van der Waals surface area contributed by atoms with Gasteiger partial charge in [0.05, 0.1) is 6.20 Å². The zero-order valence-corrected chi connectivity index (χ0v) is 19.5. The van der Waals surface area contributed by atoms with E-state index in [2.05, 4.69) is 49.3 Å². The number of fused-ring (bicyclic) bond motifs is 1. The van der Waals surface area contributed by atoms with Crippen LogP contribution in [0, 0.1) is 25.2 Å². The first-order valence-electron chi connectivity index (χ1n) is 10.7. The number of rotatable bonds is 5. The molecule has 0 bridgehead atoms. The third kappa shape index (κ3) is 4.46. The van der Waals surface area contributed by atoms with Crippen LogP contribution in [-0.4, -0.2) is 58.1 Å². The highest BCUT2D eigenvalue weighted by molar-refractivity contribution is 7.16. The highest BCUT2D eigenvalue weighted by Crippen LogP contribution is 2.32. The molecule has 1 saturated heterocycles. The van der Waals surface area contributed by atoms with Gasteiger partial charge in [0.2, 0.25) is 0 Å². The van der Waals surface area contributed by atoms with Gasteiger partial charge in [-0.15, -0.1) is 0 Å². The highest BCUT2D eigenvalue weighted by atomic mass is 32.1. The normalized spacial score (nSPS) is 14.4. The van der Waals surface area contributed by atoms with Crippen molar-refractivity contribution in [3.8, 4) is 17.8 Å². The number of hydrogen-bond donors (Lipinski definition) is 2. The largest absolute Gasteiger partial charge is 0.424 e. The van der Waals surface area contributed by atoms with Crippen molar-refractivity contribution >= 4 is 39.0 Å². The summed E-state index contributed by atoms with van der Waals surface area (Å²) in [6.07, 6.45) is 1.55. The monoisotopic (exact) mass is 460 g/mol. The predicted octanol–water partition coefficient (Wildman–Crippen LogP) is 4.19. The van der Waals surface area contributed by atoms with Crippen LogP contribution in [0.4, 0.5) is 16.8 Å². The Morgan fingerprint density at radius 3 is 2.73 bits per heavy atom. The van der Waals surface area contributed by atoms with Gasteiger partial charge in [-0.2, -0.15) is 15.2 Å². The van der Waals surface area contributed by atoms with Crippen LogP contribution in [0.25, 0.3) is 10.9 Å². The Morgan fingerprint density at radius 1 is 1.15 bits per heavy atom. The fraction of sp³-hybridized carbons (Fsp3) is 0.304. The van der Waals surface area contributed by atoms with Crippen LogP contribution >= 0.6 is 11.3 Å². The summed E-state index contributed by atoms with van der Waals surface area (Å²) in [5.41, 5.74) is 3.20. The molecule has 1 aromatic carbocycles. The molecule has 1 aliphatic heterocycles. The summed E-state index contributed by atoms with van der Waals surface area (Å²) in [7, 11) is 2.12. The lowest BCUT2D eigenvalue weighted by Gasteiger charge is -2.33. The molecule has 1 fully saturated rings. The Bertz CT molecular complexity index is 1350. The Hall–Kier alpha value is -3.68. The van der Waals surface area contributed by atoms with Crippen molar-refractivity contribution in [3.05, 3.63) is 46.6 Å². The molecule has 33 heavy (non-hydrogen) atoms. The van der Waals surface area contributed by atoms with Gasteiger partial charge in [-0.3, -0.25) is 0 Å². The number of aromatic nitrogens is 4. The number of thiazole rings is 1. The third-order valence-electron chi connectivity index (χ3n) is 5.73. The van der Waals surface area contributed by atoms with E-state index in [0.29, 0.717) is 21.6 Å². The molecule has 9 nitrogen and oxygen atoms in total. The van der Waals surface area contributed by atoms with Gasteiger partial charge in [-0.1, -0.05) is 11.3 Å². The van der Waals surface area contributed by atoms with Crippen LogP contribution in [0.1, 0.15) is 16.1 Å². The predicted molar refractivity (Wildman–Crippen MR) is 130 cm³/mol. The van der Waals surface area contributed by atoms with Crippen LogP contribution in [0.15, 0.2) is 30.5 Å². The van der Waals surface area contributed by atoms with Gasteiger partial charge in [0.25, 0.3) is 0 Å². The minimum Gasteiger partial charge on any atom is -0.424 e. The number of nitrogens with one attached hydrogen (secondary N) is 2. The number of nitrogens with zero attached hydrogens (tertiary/aromatic N) is 6. The average molecular weight is 461 g/mol. The molecule has 0 saturated carbocycles. The molecule has 2 N–H and O–H groups in total. The molecule has 10 heteroatoms. The third-order valence-corrected chi connectivity index (χ3v) is 6.55. The maximum atomic E-state index is 9.10. The number of piperazine rings is 1. The van der Waals surface area contributed by atoms with Gasteiger partial charge in [0.1, 0.15) is 28.3 Å². The smallest absolute Gasteiger partial charge is 0.325 e. The molecule has 4 heterocycles. The van der Waals surface area contributed by atoms with E-state index < -0.39 is 0 Å². The minimum atomic E-state index is 0.265. The van der Waals surface area contributed by atoms with E-state index in [1.165, 1.54) is 11.3 Å². The van der Waals surface area contributed by atoms with Gasteiger partial charge in [-0.25, -0.2) is 4.98 Å². The fourth-order valence-electron chi connectivity index (χ4n) is 3.89. The molecule has 0 radical (unpaired) electrons. The van der Waals surface area contributed by atoms with E-state index >= 15 is 0 Å². The van der Waals surface area contributed by atoms with Crippen molar-refractivity contribution in [2.45, 2.75) is 13.8 Å². The van der Waals surface area contributed by atoms with Crippen molar-refractivity contribution in [2.24, 2.45) is 0 Å². The molecule has 0 aliphatic carbocycles. The highest BCUT2D eigenvalue weighted by Gasteiger charge is 2.19. The molecule has 168 valence electrons. The maximum Gasteiger partial charge on any atom is 0.325 e. The van der Waals surface area contributed by atoms with Crippen LogP contribution in [-0.2, 0) is 0 Å².